The molecule has 2 aromatic rings. The summed E-state index contributed by atoms with van der Waals surface area (Å²) in [6.45, 7) is -1.17. The van der Waals surface area contributed by atoms with E-state index in [0.717, 1.165) is 16.2 Å². The first-order chi connectivity index (χ1) is 11.7. The molecule has 0 aliphatic heterocycles. The second-order valence-electron chi connectivity index (χ2n) is 5.17. The number of hydrogen-bond donors (Lipinski definition) is 0. The molecule has 0 unspecified atom stereocenters. The first-order valence-corrected chi connectivity index (χ1v) is 8.18. The maximum atomic E-state index is 12.4. The molecule has 2 rings (SSSR count). The van der Waals surface area contributed by atoms with E-state index in [1.165, 1.54) is 11.0 Å². The number of carbonyl (C=O) groups excluding carboxylic acids is 1. The zero-order valence-electron chi connectivity index (χ0n) is 13.0. The van der Waals surface area contributed by atoms with Gasteiger partial charge in [-0.3, -0.25) is 4.79 Å². The molecule has 0 spiro atoms. The lowest BCUT2D eigenvalue weighted by Crippen LogP contribution is -2.26. The molecule has 0 radical (unpaired) electrons. The highest BCUT2D eigenvalue weighted by Crippen LogP contribution is 2.26. The third-order valence-electron chi connectivity index (χ3n) is 3.14. The van der Waals surface area contributed by atoms with E-state index in [1.807, 2.05) is 24.3 Å². The lowest BCUT2D eigenvalue weighted by molar-refractivity contribution is -0.154. The molecule has 9 heteroatoms. The van der Waals surface area contributed by atoms with Crippen LogP contribution in [0.25, 0.3) is 0 Å². The van der Waals surface area contributed by atoms with Crippen LogP contribution in [0.5, 0.6) is 5.88 Å². The topological polar surface area (TPSA) is 42.4 Å². The van der Waals surface area contributed by atoms with E-state index in [2.05, 4.69) is 25.7 Å². The number of aromatic nitrogens is 1. The number of carbonyl (C=O) groups is 1. The van der Waals surface area contributed by atoms with Crippen molar-refractivity contribution in [2.75, 3.05) is 13.7 Å². The molecule has 0 saturated carbocycles. The largest absolute Gasteiger partial charge is 0.467 e. The monoisotopic (exact) mass is 436 g/mol. The van der Waals surface area contributed by atoms with Crippen LogP contribution in [0, 0.1) is 0 Å². The van der Waals surface area contributed by atoms with Crippen LogP contribution in [-0.2, 0) is 6.54 Å². The average molecular weight is 438 g/mol. The van der Waals surface area contributed by atoms with Gasteiger partial charge in [0.1, 0.15) is 5.02 Å². The molecule has 0 saturated heterocycles. The van der Waals surface area contributed by atoms with E-state index < -0.39 is 12.8 Å². The Hall–Kier alpha value is -1.80. The number of benzene rings is 1. The van der Waals surface area contributed by atoms with Gasteiger partial charge in [0.2, 0.25) is 5.88 Å². The second kappa shape index (κ2) is 8.05. The number of amides is 1. The zero-order chi connectivity index (χ0) is 18.6. The van der Waals surface area contributed by atoms with Crippen molar-refractivity contribution in [3.8, 4) is 5.88 Å². The van der Waals surface area contributed by atoms with Gasteiger partial charge in [0.05, 0.1) is 5.56 Å². The van der Waals surface area contributed by atoms with Crippen LogP contribution in [0.4, 0.5) is 13.2 Å². The molecule has 0 atom stereocenters. The van der Waals surface area contributed by atoms with Crippen LogP contribution in [0.2, 0.25) is 5.02 Å². The Morgan fingerprint density at radius 2 is 2.04 bits per heavy atom. The summed E-state index contributed by atoms with van der Waals surface area (Å²) < 4.78 is 41.9. The lowest BCUT2D eigenvalue weighted by Gasteiger charge is -2.18. The Kier molecular flexibility index (Phi) is 6.29. The van der Waals surface area contributed by atoms with Gasteiger partial charge in [0, 0.05) is 24.3 Å². The highest BCUT2D eigenvalue weighted by molar-refractivity contribution is 9.10. The molecule has 1 aromatic carbocycles. The lowest BCUT2D eigenvalue weighted by atomic mass is 10.2. The van der Waals surface area contributed by atoms with Gasteiger partial charge in [-0.15, -0.1) is 0 Å². The van der Waals surface area contributed by atoms with Gasteiger partial charge in [-0.05, 0) is 17.7 Å². The quantitative estimate of drug-likeness (QED) is 0.680. The zero-order valence-corrected chi connectivity index (χ0v) is 15.3. The van der Waals surface area contributed by atoms with Gasteiger partial charge in [0.25, 0.3) is 5.91 Å². The Morgan fingerprint density at radius 1 is 1.36 bits per heavy atom. The van der Waals surface area contributed by atoms with Gasteiger partial charge >= 0.3 is 6.18 Å². The van der Waals surface area contributed by atoms with Crippen molar-refractivity contribution >= 4 is 33.4 Å². The van der Waals surface area contributed by atoms with Gasteiger partial charge < -0.3 is 9.64 Å². The molecule has 4 nitrogen and oxygen atoms in total. The Bertz CT molecular complexity index is 771. The fraction of sp³-hybridized carbons (Fsp3) is 0.250. The van der Waals surface area contributed by atoms with Crippen LogP contribution in [0.3, 0.4) is 0 Å². The minimum Gasteiger partial charge on any atom is -0.467 e. The first-order valence-electron chi connectivity index (χ1n) is 7.01. The van der Waals surface area contributed by atoms with Crippen molar-refractivity contribution in [1.82, 2.24) is 9.88 Å². The fourth-order valence-corrected chi connectivity index (χ4v) is 2.60. The summed E-state index contributed by atoms with van der Waals surface area (Å²) in [5.74, 6) is -0.739. The second-order valence-corrected chi connectivity index (χ2v) is 6.43. The molecule has 0 bridgehead atoms. The summed E-state index contributed by atoms with van der Waals surface area (Å²) in [5.41, 5.74) is 1.06. The Balaban J connectivity index is 2.09. The molecule has 1 amide bonds. The fourth-order valence-electron chi connectivity index (χ4n) is 1.97. The van der Waals surface area contributed by atoms with E-state index in [9.17, 15) is 18.0 Å². The molecule has 25 heavy (non-hydrogen) atoms. The molecular weight excluding hydrogens is 425 g/mol. The molecule has 1 heterocycles. The predicted octanol–water partition coefficient (Wildman–Crippen LogP) is 4.71. The third kappa shape index (κ3) is 5.61. The van der Waals surface area contributed by atoms with Crippen LogP contribution in [0.15, 0.2) is 41.0 Å². The summed E-state index contributed by atoms with van der Waals surface area (Å²) in [6, 6.07) is 8.67. The summed E-state index contributed by atoms with van der Waals surface area (Å²) in [5, 5.41) is -0.163. The smallest absolute Gasteiger partial charge is 0.422 e. The molecule has 134 valence electrons. The summed E-state index contributed by atoms with van der Waals surface area (Å²) >= 11 is 9.26. The van der Waals surface area contributed by atoms with E-state index >= 15 is 0 Å². The number of hydrogen-bond acceptors (Lipinski definition) is 3. The number of halogens is 5. The molecule has 0 aliphatic rings. The van der Waals surface area contributed by atoms with Crippen molar-refractivity contribution in [3.05, 3.63) is 57.2 Å². The van der Waals surface area contributed by atoms with Crippen LogP contribution in [-0.4, -0.2) is 35.6 Å². The molecule has 0 aliphatic carbocycles. The van der Waals surface area contributed by atoms with Crippen molar-refractivity contribution in [3.63, 3.8) is 0 Å². The van der Waals surface area contributed by atoms with Crippen molar-refractivity contribution in [2.45, 2.75) is 12.7 Å². The van der Waals surface area contributed by atoms with Crippen LogP contribution >= 0.6 is 27.5 Å². The molecular formula is C16H13BrClF3N2O2. The minimum atomic E-state index is -4.50. The highest BCUT2D eigenvalue weighted by atomic mass is 79.9. The van der Waals surface area contributed by atoms with Crippen molar-refractivity contribution in [1.29, 1.82) is 0 Å². The van der Waals surface area contributed by atoms with Crippen molar-refractivity contribution < 1.29 is 22.7 Å². The van der Waals surface area contributed by atoms with Gasteiger partial charge in [-0.2, -0.15) is 13.2 Å². The Morgan fingerprint density at radius 3 is 2.64 bits per heavy atom. The first kappa shape index (κ1) is 19.5. The number of alkyl halides is 3. The van der Waals surface area contributed by atoms with Crippen LogP contribution in [0.1, 0.15) is 15.9 Å². The third-order valence-corrected chi connectivity index (χ3v) is 4.18. The van der Waals surface area contributed by atoms with Gasteiger partial charge in [0.15, 0.2) is 6.61 Å². The molecule has 1 aromatic heterocycles. The van der Waals surface area contributed by atoms with E-state index in [1.54, 1.807) is 7.05 Å². The van der Waals surface area contributed by atoms with Gasteiger partial charge in [-0.25, -0.2) is 4.98 Å². The maximum absolute atomic E-state index is 12.4. The van der Waals surface area contributed by atoms with E-state index in [-0.39, 0.29) is 22.4 Å². The summed E-state index contributed by atoms with van der Waals surface area (Å²) in [4.78, 5) is 17.6. The standard InChI is InChI=1S/C16H13BrClF3N2O2/c1-23(8-10-4-2-3-5-12(10)17)15(24)11-6-13(18)14(22-7-11)25-9-16(19,20)21/h2-7H,8-9H2,1H3. The molecule has 0 fully saturated rings. The maximum Gasteiger partial charge on any atom is 0.422 e. The van der Waals surface area contributed by atoms with E-state index in [0.29, 0.717) is 6.54 Å². The number of ether oxygens (including phenoxy) is 1. The minimum absolute atomic E-state index is 0.152. The summed E-state index contributed by atoms with van der Waals surface area (Å²) in [7, 11) is 1.60. The normalized spacial score (nSPS) is 11.3. The predicted molar refractivity (Wildman–Crippen MR) is 90.7 cm³/mol. The number of nitrogens with zero attached hydrogens (tertiary/aromatic N) is 2. The van der Waals surface area contributed by atoms with Crippen LogP contribution < -0.4 is 4.74 Å². The average Bonchev–Trinajstić information content (AvgIpc) is 2.54. The highest BCUT2D eigenvalue weighted by Gasteiger charge is 2.29. The van der Waals surface area contributed by atoms with Crippen molar-refractivity contribution in [2.24, 2.45) is 0 Å². The Labute approximate surface area is 155 Å². The number of rotatable bonds is 5. The number of pyridine rings is 1. The molecule has 0 N–H and O–H groups in total. The van der Waals surface area contributed by atoms with E-state index in [4.69, 9.17) is 11.6 Å². The summed E-state index contributed by atoms with van der Waals surface area (Å²) in [6.07, 6.45) is -3.36. The van der Waals surface area contributed by atoms with Gasteiger partial charge in [-0.1, -0.05) is 45.7 Å². The SMILES string of the molecule is CN(Cc1ccccc1Br)C(=O)c1cnc(OCC(F)(F)F)c(Cl)c1.